The molecule has 0 aliphatic carbocycles. The molecule has 0 fully saturated rings. The normalized spacial score (nSPS) is 14.9. The van der Waals surface area contributed by atoms with Crippen LogP contribution in [-0.2, 0) is 29.1 Å². The van der Waals surface area contributed by atoms with Gasteiger partial charge in [0.1, 0.15) is 12.4 Å². The molecule has 0 saturated carbocycles. The summed E-state index contributed by atoms with van der Waals surface area (Å²) in [4.78, 5) is 31.7. The van der Waals surface area contributed by atoms with Crippen LogP contribution in [-0.4, -0.2) is 48.5 Å². The van der Waals surface area contributed by atoms with Crippen molar-refractivity contribution in [2.24, 2.45) is 0 Å². The Kier molecular flexibility index (Phi) is 6.40. The number of carbonyl (C=O) groups excluding carboxylic acids is 1. The number of carbonyl (C=O) groups is 1. The average Bonchev–Trinajstić information content (AvgIpc) is 3.57. The second-order valence-electron chi connectivity index (χ2n) is 9.63. The Balaban J connectivity index is 1.38. The van der Waals surface area contributed by atoms with Crippen LogP contribution in [0.3, 0.4) is 0 Å². The van der Waals surface area contributed by atoms with E-state index in [0.717, 1.165) is 17.6 Å². The molecule has 0 saturated heterocycles. The lowest BCUT2D eigenvalue weighted by Gasteiger charge is -2.29. The van der Waals surface area contributed by atoms with E-state index in [9.17, 15) is 14.7 Å². The van der Waals surface area contributed by atoms with E-state index in [-0.39, 0.29) is 37.2 Å². The van der Waals surface area contributed by atoms with Gasteiger partial charge in [0.25, 0.3) is 0 Å². The first-order chi connectivity index (χ1) is 19.0. The molecule has 0 radical (unpaired) electrons. The molecule has 39 heavy (non-hydrogen) atoms. The van der Waals surface area contributed by atoms with Crippen molar-refractivity contribution in [1.82, 2.24) is 9.88 Å². The van der Waals surface area contributed by atoms with E-state index in [1.165, 1.54) is 31.2 Å². The molecule has 0 unspecified atom stereocenters. The summed E-state index contributed by atoms with van der Waals surface area (Å²) in [6.07, 6.45) is 0.655. The van der Waals surface area contributed by atoms with Crippen LogP contribution in [0.2, 0.25) is 0 Å². The van der Waals surface area contributed by atoms with E-state index in [2.05, 4.69) is 11.1 Å². The number of aromatic hydroxyl groups is 1. The SMILES string of the molecule is COCc1cc(=O)c(O)c([C@H](CC(=O)N2CCc3c([nH]c4ccccc34)C2)c2cc(OC)c3c(c2)OCO3)o1. The van der Waals surface area contributed by atoms with Gasteiger partial charge < -0.3 is 38.4 Å². The van der Waals surface area contributed by atoms with Crippen LogP contribution in [0.5, 0.6) is 23.0 Å². The summed E-state index contributed by atoms with van der Waals surface area (Å²) in [6, 6.07) is 12.7. The lowest BCUT2D eigenvalue weighted by molar-refractivity contribution is -0.132. The molecule has 0 bridgehead atoms. The maximum atomic E-state index is 13.8. The predicted molar refractivity (Wildman–Crippen MR) is 140 cm³/mol. The number of fused-ring (bicyclic) bond motifs is 4. The molecule has 2 aliphatic heterocycles. The van der Waals surface area contributed by atoms with Gasteiger partial charge in [-0.2, -0.15) is 0 Å². The first-order valence-electron chi connectivity index (χ1n) is 12.7. The van der Waals surface area contributed by atoms with Crippen LogP contribution in [0.1, 0.15) is 40.7 Å². The van der Waals surface area contributed by atoms with Gasteiger partial charge in [-0.15, -0.1) is 0 Å². The monoisotopic (exact) mass is 532 g/mol. The highest BCUT2D eigenvalue weighted by Crippen LogP contribution is 2.46. The number of hydrogen-bond donors (Lipinski definition) is 2. The summed E-state index contributed by atoms with van der Waals surface area (Å²) in [7, 11) is 2.98. The summed E-state index contributed by atoms with van der Waals surface area (Å²) >= 11 is 0. The maximum absolute atomic E-state index is 13.8. The van der Waals surface area contributed by atoms with E-state index >= 15 is 0 Å². The number of aromatic amines is 1. The number of ether oxygens (including phenoxy) is 4. The molecule has 1 amide bonds. The molecule has 2 aromatic heterocycles. The molecule has 6 rings (SSSR count). The summed E-state index contributed by atoms with van der Waals surface area (Å²) in [6.45, 7) is 1.04. The molecule has 2 N–H and O–H groups in total. The van der Waals surface area contributed by atoms with Gasteiger partial charge in [0.05, 0.1) is 19.6 Å². The van der Waals surface area contributed by atoms with Crippen LogP contribution in [0.15, 0.2) is 51.7 Å². The number of amides is 1. The molecule has 4 aromatic rings. The zero-order valence-electron chi connectivity index (χ0n) is 21.6. The molecule has 10 nitrogen and oxygen atoms in total. The molecular formula is C29H28N2O8. The van der Waals surface area contributed by atoms with Gasteiger partial charge in [-0.25, -0.2) is 0 Å². The van der Waals surface area contributed by atoms with Gasteiger partial charge in [0.15, 0.2) is 17.3 Å². The van der Waals surface area contributed by atoms with Crippen LogP contribution in [0.25, 0.3) is 10.9 Å². The minimum absolute atomic E-state index is 0.0212. The third kappa shape index (κ3) is 4.46. The quantitative estimate of drug-likeness (QED) is 0.368. The topological polar surface area (TPSA) is 123 Å². The number of aromatic nitrogens is 1. The first-order valence-corrected chi connectivity index (χ1v) is 12.7. The first kappa shape index (κ1) is 24.9. The number of para-hydroxylation sites is 1. The molecule has 1 atom stereocenters. The Bertz CT molecular complexity index is 1620. The fourth-order valence-corrected chi connectivity index (χ4v) is 5.43. The Hall–Kier alpha value is -4.44. The molecule has 0 spiro atoms. The van der Waals surface area contributed by atoms with E-state index in [1.807, 2.05) is 18.2 Å². The molecular weight excluding hydrogens is 504 g/mol. The Morgan fingerprint density at radius 2 is 2.03 bits per heavy atom. The van der Waals surface area contributed by atoms with Crippen molar-refractivity contribution >= 4 is 16.8 Å². The summed E-state index contributed by atoms with van der Waals surface area (Å²) in [5.41, 5.74) is 3.23. The van der Waals surface area contributed by atoms with E-state index in [4.69, 9.17) is 23.4 Å². The summed E-state index contributed by atoms with van der Waals surface area (Å²) < 4.78 is 27.7. The number of methoxy groups -OCH3 is 2. The van der Waals surface area contributed by atoms with Gasteiger partial charge in [-0.3, -0.25) is 9.59 Å². The van der Waals surface area contributed by atoms with Crippen molar-refractivity contribution in [1.29, 1.82) is 0 Å². The highest BCUT2D eigenvalue weighted by molar-refractivity contribution is 5.86. The Morgan fingerprint density at radius 3 is 2.85 bits per heavy atom. The lowest BCUT2D eigenvalue weighted by Crippen LogP contribution is -2.36. The molecule has 10 heteroatoms. The number of benzene rings is 2. The van der Waals surface area contributed by atoms with Crippen LogP contribution >= 0.6 is 0 Å². The van der Waals surface area contributed by atoms with Crippen molar-refractivity contribution in [3.63, 3.8) is 0 Å². The summed E-state index contributed by atoms with van der Waals surface area (Å²) in [5.74, 6) is 0.00154. The van der Waals surface area contributed by atoms with E-state index in [1.54, 1.807) is 17.0 Å². The number of rotatable bonds is 7. The van der Waals surface area contributed by atoms with Gasteiger partial charge >= 0.3 is 0 Å². The van der Waals surface area contributed by atoms with Crippen molar-refractivity contribution in [3.05, 3.63) is 81.0 Å². The lowest BCUT2D eigenvalue weighted by atomic mass is 9.90. The minimum Gasteiger partial charge on any atom is -0.502 e. The zero-order chi connectivity index (χ0) is 27.1. The van der Waals surface area contributed by atoms with Crippen LogP contribution in [0.4, 0.5) is 0 Å². The second-order valence-corrected chi connectivity index (χ2v) is 9.63. The zero-order valence-corrected chi connectivity index (χ0v) is 21.6. The van der Waals surface area contributed by atoms with Gasteiger partial charge in [0.2, 0.25) is 29.6 Å². The van der Waals surface area contributed by atoms with Gasteiger partial charge in [-0.05, 0) is 35.7 Å². The number of hydrogen-bond acceptors (Lipinski definition) is 8. The second kappa shape index (κ2) is 10.0. The smallest absolute Gasteiger partial charge is 0.231 e. The van der Waals surface area contributed by atoms with Crippen molar-refractivity contribution < 1.29 is 33.3 Å². The van der Waals surface area contributed by atoms with Crippen LogP contribution < -0.4 is 19.6 Å². The number of nitrogens with zero attached hydrogens (tertiary/aromatic N) is 1. The minimum atomic E-state index is -0.811. The average molecular weight is 533 g/mol. The van der Waals surface area contributed by atoms with Crippen molar-refractivity contribution in [2.45, 2.75) is 31.9 Å². The highest BCUT2D eigenvalue weighted by atomic mass is 16.7. The van der Waals surface area contributed by atoms with Gasteiger partial charge in [0, 0.05) is 42.7 Å². The molecule has 2 aliphatic rings. The Morgan fingerprint density at radius 1 is 1.18 bits per heavy atom. The van der Waals surface area contributed by atoms with Crippen LogP contribution in [0, 0.1) is 0 Å². The molecule has 4 heterocycles. The third-order valence-corrected chi connectivity index (χ3v) is 7.30. The number of H-pyrrole nitrogens is 1. The predicted octanol–water partition coefficient (Wildman–Crippen LogP) is 3.82. The van der Waals surface area contributed by atoms with E-state index in [0.29, 0.717) is 35.9 Å². The third-order valence-electron chi connectivity index (χ3n) is 7.30. The standard InChI is InChI=1S/C29H28N2O8/c1-35-14-17-11-23(32)27(34)28(39-17)20(16-9-24(36-2)29-25(10-16)37-15-38-29)12-26(33)31-8-7-19-18-5-3-4-6-21(18)30-22(19)13-31/h3-6,9-11,20,30,34H,7-8,12-15H2,1-2H3/t20-/m1/s1. The number of nitrogens with one attached hydrogen (secondary N) is 1. The molecule has 202 valence electrons. The van der Waals surface area contributed by atoms with E-state index < -0.39 is 17.1 Å². The van der Waals surface area contributed by atoms with Gasteiger partial charge in [-0.1, -0.05) is 18.2 Å². The fraction of sp³-hybridized carbons (Fsp3) is 0.310. The molecule has 2 aromatic carbocycles. The summed E-state index contributed by atoms with van der Waals surface area (Å²) in [5, 5.41) is 12.0. The maximum Gasteiger partial charge on any atom is 0.231 e. The van der Waals surface area contributed by atoms with Crippen molar-refractivity contribution in [3.8, 4) is 23.0 Å². The fourth-order valence-electron chi connectivity index (χ4n) is 5.43. The Labute approximate surface area is 223 Å². The largest absolute Gasteiger partial charge is 0.502 e. The highest BCUT2D eigenvalue weighted by Gasteiger charge is 2.32. The van der Waals surface area contributed by atoms with Crippen molar-refractivity contribution in [2.75, 3.05) is 27.6 Å².